The summed E-state index contributed by atoms with van der Waals surface area (Å²) in [6.45, 7) is 5.86. The Balaban J connectivity index is 2.92. The maximum atomic E-state index is 6.15. The molecule has 0 saturated carbocycles. The molecule has 0 amide bonds. The van der Waals surface area contributed by atoms with E-state index in [-0.39, 0.29) is 0 Å². The molecule has 0 aromatic heterocycles. The van der Waals surface area contributed by atoms with Crippen LogP contribution in [-0.4, -0.2) is 13.2 Å². The predicted octanol–water partition coefficient (Wildman–Crippen LogP) is 4.62. The number of hydrogen-bond acceptors (Lipinski definition) is 2. The van der Waals surface area contributed by atoms with Gasteiger partial charge in [-0.05, 0) is 31.2 Å². The first-order chi connectivity index (χ1) is 8.58. The first-order valence-corrected chi connectivity index (χ1v) is 6.85. The van der Waals surface area contributed by atoms with Crippen molar-refractivity contribution in [2.75, 3.05) is 13.2 Å². The minimum atomic E-state index is 0.407. The monoisotopic (exact) mass is 307 g/mol. The van der Waals surface area contributed by atoms with Crippen molar-refractivity contribution < 1.29 is 4.74 Å². The molecule has 2 nitrogen and oxygen atoms in total. The molecule has 1 N–H and O–H groups in total. The van der Waals surface area contributed by atoms with Gasteiger partial charge in [-0.25, -0.2) is 0 Å². The van der Waals surface area contributed by atoms with Crippen LogP contribution in [0.2, 0.25) is 10.0 Å². The van der Waals surface area contributed by atoms with Crippen molar-refractivity contribution in [3.05, 3.63) is 38.8 Å². The van der Waals surface area contributed by atoms with Gasteiger partial charge in [-0.15, -0.1) is 0 Å². The molecule has 0 saturated heterocycles. The van der Waals surface area contributed by atoms with E-state index in [4.69, 9.17) is 39.5 Å². The fraction of sp³-hybridized carbons (Fsp3) is 0.385. The summed E-state index contributed by atoms with van der Waals surface area (Å²) in [5.41, 5.74) is 3.36. The van der Waals surface area contributed by atoms with Crippen molar-refractivity contribution in [3.63, 3.8) is 0 Å². The molecule has 0 aliphatic carbocycles. The van der Waals surface area contributed by atoms with E-state index in [1.807, 2.05) is 19.9 Å². The quantitative estimate of drug-likeness (QED) is 0.827. The maximum Gasteiger partial charge on any atom is 0.142 e. The first-order valence-electron chi connectivity index (χ1n) is 5.65. The van der Waals surface area contributed by atoms with Crippen molar-refractivity contribution in [1.29, 1.82) is 0 Å². The second kappa shape index (κ2) is 7.90. The molecule has 0 bridgehead atoms. The molecule has 0 aliphatic heterocycles. The average Bonchev–Trinajstić information content (AvgIpc) is 2.34. The molecular formula is C13H16Cl3NO. The maximum absolute atomic E-state index is 6.15. The Kier molecular flexibility index (Phi) is 6.87. The zero-order chi connectivity index (χ0) is 13.5. The molecule has 0 fully saturated rings. The highest BCUT2D eigenvalue weighted by molar-refractivity contribution is 6.35. The van der Waals surface area contributed by atoms with Gasteiger partial charge < -0.3 is 10.1 Å². The lowest BCUT2D eigenvalue weighted by Gasteiger charge is -2.14. The lowest BCUT2D eigenvalue weighted by Crippen LogP contribution is -2.13. The Bertz CT molecular complexity index is 432. The van der Waals surface area contributed by atoms with Crippen molar-refractivity contribution in [3.8, 4) is 5.75 Å². The minimum Gasteiger partial charge on any atom is -0.487 e. The fourth-order valence-corrected chi connectivity index (χ4v) is 2.04. The lowest BCUT2D eigenvalue weighted by molar-refractivity contribution is 0.348. The summed E-state index contributed by atoms with van der Waals surface area (Å²) in [7, 11) is 0. The molecule has 1 rings (SSSR count). The highest BCUT2D eigenvalue weighted by Crippen LogP contribution is 2.32. The van der Waals surface area contributed by atoms with Crippen LogP contribution < -0.4 is 10.1 Å². The number of hydrogen-bond donors (Lipinski definition) is 1. The molecule has 0 spiro atoms. The zero-order valence-corrected chi connectivity index (χ0v) is 12.7. The van der Waals surface area contributed by atoms with Gasteiger partial charge in [0.1, 0.15) is 12.4 Å². The van der Waals surface area contributed by atoms with Crippen LogP contribution in [0.5, 0.6) is 5.75 Å². The third kappa shape index (κ3) is 4.69. The molecule has 5 heteroatoms. The Morgan fingerprint density at radius 3 is 2.72 bits per heavy atom. The average molecular weight is 309 g/mol. The van der Waals surface area contributed by atoms with Gasteiger partial charge in [-0.2, -0.15) is 0 Å². The van der Waals surface area contributed by atoms with Crippen LogP contribution in [0.15, 0.2) is 23.2 Å². The molecular weight excluding hydrogens is 293 g/mol. The van der Waals surface area contributed by atoms with Crippen LogP contribution >= 0.6 is 34.8 Å². The van der Waals surface area contributed by atoms with E-state index >= 15 is 0 Å². The van der Waals surface area contributed by atoms with Gasteiger partial charge >= 0.3 is 0 Å². The molecule has 18 heavy (non-hydrogen) atoms. The fourth-order valence-electron chi connectivity index (χ4n) is 1.38. The standard InChI is InChI=1S/C13H16Cl3NO/c1-3-17-7-10-4-11(15)5-12(16)13(10)18-8-9(2)6-14/h4-6,17H,3,7-8H2,1-2H3/b9-6+. The van der Waals surface area contributed by atoms with E-state index < -0.39 is 0 Å². The van der Waals surface area contributed by atoms with Gasteiger partial charge in [-0.1, -0.05) is 41.7 Å². The molecule has 1 aromatic rings. The molecule has 0 unspecified atom stereocenters. The van der Waals surface area contributed by atoms with Crippen LogP contribution in [0, 0.1) is 0 Å². The summed E-state index contributed by atoms with van der Waals surface area (Å²) in [5.74, 6) is 0.653. The second-order valence-corrected chi connectivity index (χ2v) is 4.96. The topological polar surface area (TPSA) is 21.3 Å². The SMILES string of the molecule is CCNCc1cc(Cl)cc(Cl)c1OC/C(C)=C/Cl. The van der Waals surface area contributed by atoms with Crippen LogP contribution in [-0.2, 0) is 6.54 Å². The third-order valence-electron chi connectivity index (χ3n) is 2.28. The van der Waals surface area contributed by atoms with Crippen LogP contribution in [0.25, 0.3) is 0 Å². The molecule has 100 valence electrons. The number of nitrogens with one attached hydrogen (secondary N) is 1. The van der Waals surface area contributed by atoms with Gasteiger partial charge in [0.05, 0.1) is 5.02 Å². The summed E-state index contributed by atoms with van der Waals surface area (Å²) >= 11 is 17.7. The Morgan fingerprint density at radius 2 is 2.11 bits per heavy atom. The number of halogens is 3. The summed E-state index contributed by atoms with van der Waals surface area (Å²) in [6.07, 6.45) is 0. The van der Waals surface area contributed by atoms with Gasteiger partial charge in [0.2, 0.25) is 0 Å². The van der Waals surface area contributed by atoms with Gasteiger partial charge in [-0.3, -0.25) is 0 Å². The zero-order valence-electron chi connectivity index (χ0n) is 10.4. The van der Waals surface area contributed by atoms with Crippen molar-refractivity contribution in [1.82, 2.24) is 5.32 Å². The molecule has 1 aromatic carbocycles. The number of benzene rings is 1. The van der Waals surface area contributed by atoms with Crippen molar-refractivity contribution in [2.45, 2.75) is 20.4 Å². The minimum absolute atomic E-state index is 0.407. The Morgan fingerprint density at radius 1 is 1.39 bits per heavy atom. The van der Waals surface area contributed by atoms with E-state index in [0.717, 1.165) is 17.7 Å². The molecule has 0 atom stereocenters. The van der Waals surface area contributed by atoms with E-state index in [0.29, 0.717) is 28.9 Å². The van der Waals surface area contributed by atoms with E-state index in [2.05, 4.69) is 5.32 Å². The third-order valence-corrected chi connectivity index (χ3v) is 3.15. The lowest BCUT2D eigenvalue weighted by atomic mass is 10.2. The van der Waals surface area contributed by atoms with Crippen LogP contribution in [0.3, 0.4) is 0 Å². The summed E-state index contributed by atoms with van der Waals surface area (Å²) in [6, 6.07) is 3.53. The first kappa shape index (κ1) is 15.6. The number of rotatable bonds is 6. The van der Waals surface area contributed by atoms with Crippen LogP contribution in [0.1, 0.15) is 19.4 Å². The van der Waals surface area contributed by atoms with Crippen molar-refractivity contribution in [2.24, 2.45) is 0 Å². The van der Waals surface area contributed by atoms with Gasteiger partial charge in [0.15, 0.2) is 0 Å². The predicted molar refractivity (Wildman–Crippen MR) is 78.9 cm³/mol. The summed E-state index contributed by atoms with van der Waals surface area (Å²) in [4.78, 5) is 0. The van der Waals surface area contributed by atoms with Gasteiger partial charge in [0, 0.05) is 22.7 Å². The Labute approximate surface area is 123 Å². The van der Waals surface area contributed by atoms with E-state index in [1.54, 1.807) is 6.07 Å². The normalized spacial score (nSPS) is 11.7. The second-order valence-electron chi connectivity index (χ2n) is 3.90. The highest BCUT2D eigenvalue weighted by Gasteiger charge is 2.10. The molecule has 0 aliphatic rings. The summed E-state index contributed by atoms with van der Waals surface area (Å²) < 4.78 is 5.69. The van der Waals surface area contributed by atoms with Gasteiger partial charge in [0.25, 0.3) is 0 Å². The summed E-state index contributed by atoms with van der Waals surface area (Å²) in [5, 5.41) is 4.34. The van der Waals surface area contributed by atoms with Crippen LogP contribution in [0.4, 0.5) is 0 Å². The molecule has 0 heterocycles. The molecule has 0 radical (unpaired) electrons. The Hall–Kier alpha value is -0.410. The van der Waals surface area contributed by atoms with E-state index in [1.165, 1.54) is 5.54 Å². The largest absolute Gasteiger partial charge is 0.487 e. The number of ether oxygens (including phenoxy) is 1. The smallest absolute Gasteiger partial charge is 0.142 e. The highest BCUT2D eigenvalue weighted by atomic mass is 35.5. The van der Waals surface area contributed by atoms with E-state index in [9.17, 15) is 0 Å². The van der Waals surface area contributed by atoms with Crippen molar-refractivity contribution >= 4 is 34.8 Å².